The number of anilines is 2. The number of hydrogen-bond acceptors (Lipinski definition) is 4. The zero-order chi connectivity index (χ0) is 18.8. The molecule has 3 heterocycles. The predicted octanol–water partition coefficient (Wildman–Crippen LogP) is 1.40. The Bertz CT molecular complexity index is 701. The van der Waals surface area contributed by atoms with Crippen LogP contribution in [0, 0.1) is 0 Å². The molecule has 0 aromatic heterocycles. The van der Waals surface area contributed by atoms with E-state index in [0.717, 1.165) is 51.3 Å². The van der Waals surface area contributed by atoms with Crippen LogP contribution in [-0.4, -0.2) is 68.2 Å². The summed E-state index contributed by atoms with van der Waals surface area (Å²) < 4.78 is 0. The van der Waals surface area contributed by atoms with E-state index in [4.69, 9.17) is 0 Å². The Morgan fingerprint density at radius 3 is 2.56 bits per heavy atom. The van der Waals surface area contributed by atoms with Crippen molar-refractivity contribution in [3.63, 3.8) is 0 Å². The number of benzene rings is 1. The van der Waals surface area contributed by atoms with Crippen LogP contribution in [0.2, 0.25) is 0 Å². The van der Waals surface area contributed by atoms with Crippen molar-refractivity contribution in [3.8, 4) is 0 Å². The highest BCUT2D eigenvalue weighted by molar-refractivity contribution is 5.94. The summed E-state index contributed by atoms with van der Waals surface area (Å²) in [4.78, 5) is 29.9. The van der Waals surface area contributed by atoms with Crippen molar-refractivity contribution >= 4 is 23.3 Å². The van der Waals surface area contributed by atoms with E-state index in [9.17, 15) is 9.59 Å². The number of likely N-dealkylation sites (N-methyl/N-ethyl adjacent to an activating group) is 1. The van der Waals surface area contributed by atoms with Crippen molar-refractivity contribution in [2.75, 3.05) is 49.1 Å². The number of urea groups is 1. The molecule has 1 aromatic carbocycles. The lowest BCUT2D eigenvalue weighted by atomic mass is 10.0. The Morgan fingerprint density at radius 2 is 1.89 bits per heavy atom. The lowest BCUT2D eigenvalue weighted by Crippen LogP contribution is -2.47. The highest BCUT2D eigenvalue weighted by atomic mass is 16.2. The van der Waals surface area contributed by atoms with Crippen LogP contribution >= 0.6 is 0 Å². The maximum atomic E-state index is 11.9. The van der Waals surface area contributed by atoms with E-state index >= 15 is 0 Å². The van der Waals surface area contributed by atoms with Crippen molar-refractivity contribution in [3.05, 3.63) is 24.3 Å². The molecule has 3 saturated heterocycles. The fraction of sp³-hybridized carbons (Fsp3) is 0.600. The Balaban J connectivity index is 1.32. The fourth-order valence-corrected chi connectivity index (χ4v) is 4.40. The van der Waals surface area contributed by atoms with Gasteiger partial charge in [0.15, 0.2) is 0 Å². The van der Waals surface area contributed by atoms with Crippen LogP contribution in [0.15, 0.2) is 24.3 Å². The van der Waals surface area contributed by atoms with E-state index in [-0.39, 0.29) is 11.9 Å². The van der Waals surface area contributed by atoms with Crippen molar-refractivity contribution in [2.45, 2.75) is 38.3 Å². The molecule has 0 saturated carbocycles. The first-order chi connectivity index (χ1) is 13.1. The molecule has 1 aromatic rings. The zero-order valence-electron chi connectivity index (χ0n) is 16.0. The minimum absolute atomic E-state index is 0.0118. The predicted molar refractivity (Wildman–Crippen MR) is 106 cm³/mol. The van der Waals surface area contributed by atoms with Gasteiger partial charge in [-0.05, 0) is 38.0 Å². The summed E-state index contributed by atoms with van der Waals surface area (Å²) in [6.07, 6.45) is 2.78. The minimum Gasteiger partial charge on any atom is -0.371 e. The normalized spacial score (nSPS) is 24.0. The lowest BCUT2D eigenvalue weighted by molar-refractivity contribution is -0.127. The average molecular weight is 371 g/mol. The van der Waals surface area contributed by atoms with Crippen molar-refractivity contribution in [1.29, 1.82) is 0 Å². The van der Waals surface area contributed by atoms with E-state index < -0.39 is 0 Å². The second-order valence-electron chi connectivity index (χ2n) is 7.66. The van der Waals surface area contributed by atoms with Gasteiger partial charge in [0.05, 0.1) is 0 Å². The summed E-state index contributed by atoms with van der Waals surface area (Å²) in [6, 6.07) is 9.04. The number of carbonyl (C=O) groups is 2. The number of likely N-dealkylation sites (tertiary alicyclic amines) is 1. The van der Waals surface area contributed by atoms with Gasteiger partial charge in [0.1, 0.15) is 0 Å². The van der Waals surface area contributed by atoms with Gasteiger partial charge in [-0.2, -0.15) is 0 Å². The summed E-state index contributed by atoms with van der Waals surface area (Å²) in [5, 5.41) is 6.55. The van der Waals surface area contributed by atoms with Crippen molar-refractivity contribution < 1.29 is 9.59 Å². The number of carbonyl (C=O) groups excluding carboxylic acids is 2. The first-order valence-corrected chi connectivity index (χ1v) is 10.1. The molecule has 0 aliphatic carbocycles. The maximum Gasteiger partial charge on any atom is 0.321 e. The van der Waals surface area contributed by atoms with Gasteiger partial charge in [-0.25, -0.2) is 4.79 Å². The summed E-state index contributed by atoms with van der Waals surface area (Å²) in [5.74, 6) is 0.273. The van der Waals surface area contributed by atoms with Gasteiger partial charge in [0.25, 0.3) is 0 Å². The molecule has 1 unspecified atom stereocenters. The fourth-order valence-electron chi connectivity index (χ4n) is 4.40. The largest absolute Gasteiger partial charge is 0.371 e. The van der Waals surface area contributed by atoms with Crippen LogP contribution < -0.4 is 20.4 Å². The summed E-state index contributed by atoms with van der Waals surface area (Å²) in [5.41, 5.74) is 2.14. The van der Waals surface area contributed by atoms with Gasteiger partial charge in [-0.15, -0.1) is 0 Å². The molecular weight excluding hydrogens is 342 g/mol. The molecule has 3 aliphatic rings. The quantitative estimate of drug-likeness (QED) is 0.821. The molecular formula is C20H29N5O2. The average Bonchev–Trinajstić information content (AvgIpc) is 3.27. The molecule has 1 atom stereocenters. The number of piperidine rings is 1. The first-order valence-electron chi connectivity index (χ1n) is 10.1. The monoisotopic (exact) mass is 371 g/mol. The molecule has 0 radical (unpaired) electrons. The Hall–Kier alpha value is -2.28. The van der Waals surface area contributed by atoms with E-state index in [1.165, 1.54) is 5.69 Å². The van der Waals surface area contributed by atoms with Crippen molar-refractivity contribution in [2.24, 2.45) is 0 Å². The van der Waals surface area contributed by atoms with E-state index in [0.29, 0.717) is 25.0 Å². The molecule has 7 nitrogen and oxygen atoms in total. The SMILES string of the molecule is CCN1CC(NC2CCN(c3cccc(N4CCNC4=O)c3)CC2)CC1=O. The molecule has 4 rings (SSSR count). The number of hydrogen-bond donors (Lipinski definition) is 2. The van der Waals surface area contributed by atoms with E-state index in [1.54, 1.807) is 4.90 Å². The molecule has 3 amide bonds. The molecule has 3 aliphatic heterocycles. The van der Waals surface area contributed by atoms with E-state index in [1.807, 2.05) is 24.0 Å². The van der Waals surface area contributed by atoms with Gasteiger partial charge >= 0.3 is 6.03 Å². The topological polar surface area (TPSA) is 67.9 Å². The molecule has 27 heavy (non-hydrogen) atoms. The van der Waals surface area contributed by atoms with Crippen LogP contribution in [0.25, 0.3) is 0 Å². The van der Waals surface area contributed by atoms with E-state index in [2.05, 4.69) is 27.7 Å². The highest BCUT2D eigenvalue weighted by Gasteiger charge is 2.31. The number of nitrogens with one attached hydrogen (secondary N) is 2. The summed E-state index contributed by atoms with van der Waals surface area (Å²) in [7, 11) is 0. The van der Waals surface area contributed by atoms with Crippen LogP contribution in [0.4, 0.5) is 16.2 Å². The molecule has 0 bridgehead atoms. The third-order valence-electron chi connectivity index (χ3n) is 5.93. The van der Waals surface area contributed by atoms with Crippen LogP contribution in [0.3, 0.4) is 0 Å². The van der Waals surface area contributed by atoms with Gasteiger partial charge in [-0.3, -0.25) is 9.69 Å². The zero-order valence-corrected chi connectivity index (χ0v) is 16.0. The number of rotatable bonds is 5. The third kappa shape index (κ3) is 3.88. The number of nitrogens with zero attached hydrogens (tertiary/aromatic N) is 3. The summed E-state index contributed by atoms with van der Waals surface area (Å²) >= 11 is 0. The van der Waals surface area contributed by atoms with Gasteiger partial charge in [0.2, 0.25) is 5.91 Å². The molecule has 3 fully saturated rings. The highest BCUT2D eigenvalue weighted by Crippen LogP contribution is 2.26. The second-order valence-corrected chi connectivity index (χ2v) is 7.66. The van der Waals surface area contributed by atoms with Gasteiger partial charge in [0, 0.05) is 69.1 Å². The van der Waals surface area contributed by atoms with Crippen LogP contribution in [0.1, 0.15) is 26.2 Å². The van der Waals surface area contributed by atoms with Crippen molar-refractivity contribution in [1.82, 2.24) is 15.5 Å². The van der Waals surface area contributed by atoms with Crippen LogP contribution in [-0.2, 0) is 4.79 Å². The second kappa shape index (κ2) is 7.76. The van der Waals surface area contributed by atoms with Gasteiger partial charge in [-0.1, -0.05) is 6.07 Å². The molecule has 146 valence electrons. The Morgan fingerprint density at radius 1 is 1.11 bits per heavy atom. The lowest BCUT2D eigenvalue weighted by Gasteiger charge is -2.35. The minimum atomic E-state index is -0.0118. The first kappa shape index (κ1) is 18.1. The Kier molecular flexibility index (Phi) is 5.20. The molecule has 0 spiro atoms. The smallest absolute Gasteiger partial charge is 0.321 e. The molecule has 7 heteroatoms. The third-order valence-corrected chi connectivity index (χ3v) is 5.93. The Labute approximate surface area is 160 Å². The summed E-state index contributed by atoms with van der Waals surface area (Å²) in [6.45, 7) is 7.11. The van der Waals surface area contributed by atoms with Crippen LogP contribution in [0.5, 0.6) is 0 Å². The standard InChI is InChI=1S/C20H29N5O2/c1-2-23-14-16(12-19(23)26)22-15-6-9-24(10-7-15)17-4-3-5-18(13-17)25-11-8-21-20(25)27/h3-5,13,15-16,22H,2,6-12,14H2,1H3,(H,21,27). The maximum absolute atomic E-state index is 11.9. The number of amides is 3. The molecule has 2 N–H and O–H groups in total. The van der Waals surface area contributed by atoms with Gasteiger partial charge < -0.3 is 20.4 Å².